The summed E-state index contributed by atoms with van der Waals surface area (Å²) in [6.07, 6.45) is 3.33. The minimum Gasteiger partial charge on any atom is -0.337 e. The molecule has 0 saturated carbocycles. The van der Waals surface area contributed by atoms with Crippen molar-refractivity contribution in [3.63, 3.8) is 0 Å². The lowest BCUT2D eigenvalue weighted by molar-refractivity contribution is -0.134. The Morgan fingerprint density at radius 2 is 1.90 bits per heavy atom. The number of hydrogen-bond donors (Lipinski definition) is 0. The van der Waals surface area contributed by atoms with Crippen molar-refractivity contribution in [3.05, 3.63) is 47.0 Å². The number of likely N-dealkylation sites (N-methyl/N-ethyl adjacent to an activating group) is 1. The van der Waals surface area contributed by atoms with E-state index >= 15 is 0 Å². The maximum Gasteiger partial charge on any atom is 0.319 e. The van der Waals surface area contributed by atoms with Crippen LogP contribution in [0.2, 0.25) is 0 Å². The molecule has 1 atom stereocenters. The van der Waals surface area contributed by atoms with E-state index in [4.69, 9.17) is 0 Å². The van der Waals surface area contributed by atoms with Crippen molar-refractivity contribution < 1.29 is 22.0 Å². The molecule has 0 unspecified atom stereocenters. The van der Waals surface area contributed by atoms with Crippen LogP contribution in [0.5, 0.6) is 0 Å². The smallest absolute Gasteiger partial charge is 0.319 e. The Balaban J connectivity index is 1.86. The lowest BCUT2D eigenvalue weighted by Gasteiger charge is -2.28. The van der Waals surface area contributed by atoms with Gasteiger partial charge in [0.25, 0.3) is 0 Å². The molecule has 2 aromatic rings. The Hall–Kier alpha value is -2.33. The molecule has 1 saturated heterocycles. The second kappa shape index (κ2) is 8.43. The first-order valence-corrected chi connectivity index (χ1v) is 11.1. The maximum absolute atomic E-state index is 13.4. The van der Waals surface area contributed by atoms with Gasteiger partial charge in [-0.2, -0.15) is 13.1 Å². The molecule has 0 aliphatic carbocycles. The molecule has 1 aromatic carbocycles. The number of imidazole rings is 1. The van der Waals surface area contributed by atoms with Crippen LogP contribution in [-0.2, 0) is 21.4 Å². The van der Waals surface area contributed by atoms with Gasteiger partial charge in [0.05, 0.1) is 11.4 Å². The highest BCUT2D eigenvalue weighted by Gasteiger charge is 2.41. The molecule has 1 fully saturated rings. The van der Waals surface area contributed by atoms with Gasteiger partial charge in [0, 0.05) is 26.0 Å². The number of alkyl halides is 2. The van der Waals surface area contributed by atoms with Gasteiger partial charge in [0.15, 0.2) is 0 Å². The number of rotatable bonds is 6. The Morgan fingerprint density at radius 1 is 1.27 bits per heavy atom. The second-order valence-corrected chi connectivity index (χ2v) is 9.55. The van der Waals surface area contributed by atoms with E-state index in [1.807, 2.05) is 19.1 Å². The minimum atomic E-state index is -3.88. The van der Waals surface area contributed by atoms with Gasteiger partial charge < -0.3 is 4.90 Å². The normalized spacial score (nSPS) is 17.6. The summed E-state index contributed by atoms with van der Waals surface area (Å²) in [6.45, 7) is 2.73. The van der Waals surface area contributed by atoms with Gasteiger partial charge in [-0.15, -0.1) is 0 Å². The number of aryl methyl sites for hydroxylation is 3. The van der Waals surface area contributed by atoms with Crippen LogP contribution in [0.3, 0.4) is 0 Å². The third-order valence-corrected chi connectivity index (χ3v) is 7.59. The Kier molecular flexibility index (Phi) is 6.28. The van der Waals surface area contributed by atoms with E-state index < -0.39 is 28.5 Å². The summed E-state index contributed by atoms with van der Waals surface area (Å²) in [5, 5.41) is 0. The van der Waals surface area contributed by atoms with E-state index in [0.29, 0.717) is 28.5 Å². The van der Waals surface area contributed by atoms with Gasteiger partial charge in [0.2, 0.25) is 15.9 Å². The van der Waals surface area contributed by atoms with Crippen molar-refractivity contribution in [2.24, 2.45) is 0 Å². The monoisotopic (exact) mass is 440 g/mol. The highest BCUT2D eigenvalue weighted by molar-refractivity contribution is 7.89. The molecule has 3 rings (SSSR count). The largest absolute Gasteiger partial charge is 0.337 e. The third kappa shape index (κ3) is 4.11. The predicted octanol–water partition coefficient (Wildman–Crippen LogP) is 3.02. The van der Waals surface area contributed by atoms with Gasteiger partial charge in [-0.3, -0.25) is 9.36 Å². The molecule has 30 heavy (non-hydrogen) atoms. The summed E-state index contributed by atoms with van der Waals surface area (Å²) in [4.78, 5) is 18.4. The molecule has 0 radical (unpaired) electrons. The molecule has 0 N–H and O–H groups in total. The highest BCUT2D eigenvalue weighted by Crippen LogP contribution is 2.31. The van der Waals surface area contributed by atoms with Crippen molar-refractivity contribution in [1.82, 2.24) is 18.8 Å². The number of halogens is 2. The van der Waals surface area contributed by atoms with Gasteiger partial charge in [-0.05, 0) is 44.7 Å². The Morgan fingerprint density at radius 3 is 2.50 bits per heavy atom. The molecule has 1 aromatic heterocycles. The number of carbonyl (C=O) groups excluding carboxylic acids is 1. The molecule has 164 valence electrons. The first-order valence-electron chi connectivity index (χ1n) is 9.68. The molecule has 0 spiro atoms. The van der Waals surface area contributed by atoms with E-state index in [1.54, 1.807) is 13.8 Å². The first-order chi connectivity index (χ1) is 14.0. The van der Waals surface area contributed by atoms with Gasteiger partial charge in [-0.1, -0.05) is 17.7 Å². The molecule has 1 aliphatic rings. The predicted molar refractivity (Wildman–Crippen MR) is 108 cm³/mol. The average Bonchev–Trinajstić information content (AvgIpc) is 3.29. The van der Waals surface area contributed by atoms with Gasteiger partial charge in [-0.25, -0.2) is 13.4 Å². The zero-order valence-electron chi connectivity index (χ0n) is 17.5. The highest BCUT2D eigenvalue weighted by atomic mass is 32.2. The Labute approximate surface area is 175 Å². The minimum absolute atomic E-state index is 0.0403. The summed E-state index contributed by atoms with van der Waals surface area (Å²) in [6, 6.07) is 2.75. The summed E-state index contributed by atoms with van der Waals surface area (Å²) < 4.78 is 54.9. The van der Waals surface area contributed by atoms with E-state index in [0.717, 1.165) is 11.8 Å². The summed E-state index contributed by atoms with van der Waals surface area (Å²) in [7, 11) is -2.41. The van der Waals surface area contributed by atoms with Gasteiger partial charge >= 0.3 is 6.55 Å². The van der Waals surface area contributed by atoms with E-state index in [1.165, 1.54) is 22.4 Å². The van der Waals surface area contributed by atoms with Crippen molar-refractivity contribution in [1.29, 1.82) is 0 Å². The van der Waals surface area contributed by atoms with E-state index in [9.17, 15) is 22.0 Å². The molecular formula is C20H26F2N4O3S. The molecular weight excluding hydrogens is 414 g/mol. The first kappa shape index (κ1) is 22.4. The molecule has 10 heteroatoms. The number of carbonyl (C=O) groups is 1. The topological polar surface area (TPSA) is 75.5 Å². The molecule has 0 bridgehead atoms. The summed E-state index contributed by atoms with van der Waals surface area (Å²) in [5.74, 6) is -0.388. The van der Waals surface area contributed by atoms with E-state index in [-0.39, 0.29) is 23.8 Å². The number of sulfonamides is 1. The van der Waals surface area contributed by atoms with E-state index in [2.05, 4.69) is 4.98 Å². The van der Waals surface area contributed by atoms with Crippen LogP contribution in [-0.4, -0.2) is 52.7 Å². The SMILES string of the molecule is Cc1cc(C)c(S(=O)(=O)N2CCC[C@@H]2C(=O)N(C)Cc2nccn2C(F)F)c(C)c1. The van der Waals surface area contributed by atoms with Gasteiger partial charge in [0.1, 0.15) is 11.9 Å². The summed E-state index contributed by atoms with van der Waals surface area (Å²) in [5.41, 5.74) is 2.24. The van der Waals surface area contributed by atoms with Crippen molar-refractivity contribution in [3.8, 4) is 0 Å². The van der Waals surface area contributed by atoms with Crippen LogP contribution in [0.15, 0.2) is 29.4 Å². The lowest BCUT2D eigenvalue weighted by Crippen LogP contribution is -2.46. The number of benzene rings is 1. The average molecular weight is 441 g/mol. The number of hydrogen-bond acceptors (Lipinski definition) is 4. The quantitative estimate of drug-likeness (QED) is 0.692. The third-order valence-electron chi connectivity index (χ3n) is 5.37. The van der Waals surface area contributed by atoms with Crippen LogP contribution >= 0.6 is 0 Å². The van der Waals surface area contributed by atoms with Crippen LogP contribution in [0.25, 0.3) is 0 Å². The fraction of sp³-hybridized carbons (Fsp3) is 0.500. The van der Waals surface area contributed by atoms with Crippen molar-refractivity contribution in [2.75, 3.05) is 13.6 Å². The zero-order valence-corrected chi connectivity index (χ0v) is 18.3. The maximum atomic E-state index is 13.4. The Bertz CT molecular complexity index is 1030. The summed E-state index contributed by atoms with van der Waals surface area (Å²) >= 11 is 0. The van der Waals surface area contributed by atoms with Crippen molar-refractivity contribution in [2.45, 2.75) is 57.6 Å². The standard InChI is InChI=1S/C20H26F2N4O3S/c1-13-10-14(2)18(15(3)11-13)30(28,29)26-8-5-6-16(26)19(27)24(4)12-17-23-7-9-25(17)20(21)22/h7,9-11,16,20H,5-6,8,12H2,1-4H3/t16-/m1/s1. The number of amides is 1. The van der Waals surface area contributed by atoms with Crippen LogP contribution in [0.4, 0.5) is 8.78 Å². The van der Waals surface area contributed by atoms with Crippen molar-refractivity contribution >= 4 is 15.9 Å². The fourth-order valence-electron chi connectivity index (χ4n) is 4.15. The molecule has 1 aliphatic heterocycles. The number of aromatic nitrogens is 2. The second-order valence-electron chi connectivity index (χ2n) is 7.72. The van der Waals surface area contributed by atoms with Crippen LogP contribution in [0, 0.1) is 20.8 Å². The fourth-order valence-corrected chi connectivity index (χ4v) is 6.22. The molecule has 2 heterocycles. The van der Waals surface area contributed by atoms with Crippen LogP contribution in [0.1, 0.15) is 41.9 Å². The number of nitrogens with zero attached hydrogens (tertiary/aromatic N) is 4. The molecule has 7 nitrogen and oxygen atoms in total. The van der Waals surface area contributed by atoms with Crippen LogP contribution < -0.4 is 0 Å². The zero-order chi connectivity index (χ0) is 22.2. The lowest BCUT2D eigenvalue weighted by atomic mass is 10.1. The molecule has 1 amide bonds.